The first-order valence-electron chi connectivity index (χ1n) is 5.74. The molecule has 0 aliphatic carbocycles. The highest BCUT2D eigenvalue weighted by Gasteiger charge is 2.09. The number of aromatic nitrogens is 1. The number of nitrogens with zero attached hydrogens (tertiary/aromatic N) is 1. The van der Waals surface area contributed by atoms with Gasteiger partial charge in [-0.05, 0) is 47.4 Å². The lowest BCUT2D eigenvalue weighted by atomic mass is 10.1. The van der Waals surface area contributed by atoms with Crippen molar-refractivity contribution in [3.05, 3.63) is 28.5 Å². The van der Waals surface area contributed by atoms with Crippen molar-refractivity contribution in [1.82, 2.24) is 10.3 Å². The first-order valence-corrected chi connectivity index (χ1v) is 6.53. The number of likely N-dealkylation sites (N-methyl/N-ethyl adjacent to an activating group) is 1. The van der Waals surface area contributed by atoms with E-state index in [-0.39, 0.29) is 6.04 Å². The smallest absolute Gasteiger partial charge is 0.261 e. The van der Waals surface area contributed by atoms with Gasteiger partial charge >= 0.3 is 0 Å². The maximum absolute atomic E-state index is 11.9. The monoisotopic (exact) mass is 322 g/mol. The van der Waals surface area contributed by atoms with Crippen LogP contribution in [0.4, 0.5) is 8.78 Å². The molecule has 0 amide bonds. The Hall–Kier alpha value is -0.590. The predicted molar refractivity (Wildman–Crippen MR) is 69.9 cm³/mol. The molecule has 1 N–H and O–H groups in total. The van der Waals surface area contributed by atoms with Crippen molar-refractivity contribution in [2.75, 3.05) is 20.3 Å². The third kappa shape index (κ3) is 6.37. The quantitative estimate of drug-likeness (QED) is 0.747. The molecule has 0 saturated carbocycles. The molecule has 1 atom stereocenters. The molecule has 1 rings (SSSR count). The van der Waals surface area contributed by atoms with Crippen LogP contribution in [0.25, 0.3) is 0 Å². The van der Waals surface area contributed by atoms with Gasteiger partial charge in [0.05, 0.1) is 0 Å². The summed E-state index contributed by atoms with van der Waals surface area (Å²) in [5.41, 5.74) is 1.09. The Morgan fingerprint density at radius 2 is 2.22 bits per heavy atom. The fraction of sp³-hybridized carbons (Fsp3) is 0.583. The Morgan fingerprint density at radius 3 is 2.83 bits per heavy atom. The molecule has 1 aromatic rings. The summed E-state index contributed by atoms with van der Waals surface area (Å²) in [6.45, 7) is -0.161. The number of rotatable bonds is 8. The van der Waals surface area contributed by atoms with Crippen LogP contribution in [-0.2, 0) is 11.2 Å². The van der Waals surface area contributed by atoms with Gasteiger partial charge in [0, 0.05) is 29.5 Å². The molecule has 0 aliphatic rings. The number of alkyl halides is 2. The lowest BCUT2D eigenvalue weighted by molar-refractivity contribution is 0.0146. The molecule has 102 valence electrons. The Balaban J connectivity index is 2.33. The summed E-state index contributed by atoms with van der Waals surface area (Å²) in [6, 6.07) is 2.19. The van der Waals surface area contributed by atoms with E-state index in [4.69, 9.17) is 4.74 Å². The molecule has 0 saturated heterocycles. The maximum atomic E-state index is 11.9. The molecule has 0 aromatic carbocycles. The van der Waals surface area contributed by atoms with Crippen LogP contribution in [0.2, 0.25) is 0 Å². The number of nitrogens with one attached hydrogen (secondary N) is 1. The zero-order valence-corrected chi connectivity index (χ0v) is 11.8. The van der Waals surface area contributed by atoms with Crippen molar-refractivity contribution >= 4 is 15.9 Å². The highest BCUT2D eigenvalue weighted by atomic mass is 79.9. The molecular formula is C12H17BrF2N2O. The lowest BCUT2D eigenvalue weighted by Crippen LogP contribution is -2.29. The third-order valence-corrected chi connectivity index (χ3v) is 2.94. The van der Waals surface area contributed by atoms with E-state index >= 15 is 0 Å². The van der Waals surface area contributed by atoms with Gasteiger partial charge in [-0.15, -0.1) is 0 Å². The van der Waals surface area contributed by atoms with E-state index in [1.54, 1.807) is 12.4 Å². The van der Waals surface area contributed by atoms with Gasteiger partial charge in [-0.3, -0.25) is 4.98 Å². The summed E-state index contributed by atoms with van der Waals surface area (Å²) < 4.78 is 29.6. The molecule has 18 heavy (non-hydrogen) atoms. The zero-order chi connectivity index (χ0) is 13.4. The van der Waals surface area contributed by atoms with Gasteiger partial charge in [-0.1, -0.05) is 0 Å². The SMILES string of the molecule is CNC(CCOCC(F)F)Cc1cncc(Br)c1. The molecular weight excluding hydrogens is 306 g/mol. The van der Waals surface area contributed by atoms with E-state index < -0.39 is 13.0 Å². The minimum absolute atomic E-state index is 0.193. The Kier molecular flexibility index (Phi) is 7.31. The highest BCUT2D eigenvalue weighted by Crippen LogP contribution is 2.12. The van der Waals surface area contributed by atoms with Crippen LogP contribution in [0.1, 0.15) is 12.0 Å². The van der Waals surface area contributed by atoms with E-state index in [2.05, 4.69) is 26.2 Å². The summed E-state index contributed by atoms with van der Waals surface area (Å²) >= 11 is 3.36. The van der Waals surface area contributed by atoms with Gasteiger partial charge < -0.3 is 10.1 Å². The highest BCUT2D eigenvalue weighted by molar-refractivity contribution is 9.10. The van der Waals surface area contributed by atoms with E-state index in [1.807, 2.05) is 13.1 Å². The van der Waals surface area contributed by atoms with Crippen LogP contribution in [0, 0.1) is 0 Å². The van der Waals surface area contributed by atoms with Crippen molar-refractivity contribution in [2.45, 2.75) is 25.3 Å². The molecule has 0 aliphatic heterocycles. The van der Waals surface area contributed by atoms with E-state index in [1.165, 1.54) is 0 Å². The van der Waals surface area contributed by atoms with Crippen molar-refractivity contribution in [3.63, 3.8) is 0 Å². The first kappa shape index (κ1) is 15.5. The summed E-state index contributed by atoms with van der Waals surface area (Å²) in [4.78, 5) is 4.09. The van der Waals surface area contributed by atoms with Crippen LogP contribution < -0.4 is 5.32 Å². The lowest BCUT2D eigenvalue weighted by Gasteiger charge is -2.16. The topological polar surface area (TPSA) is 34.1 Å². The molecule has 0 fully saturated rings. The fourth-order valence-corrected chi connectivity index (χ4v) is 2.01. The van der Waals surface area contributed by atoms with Gasteiger partial charge in [-0.25, -0.2) is 8.78 Å². The van der Waals surface area contributed by atoms with Crippen LogP contribution in [0.15, 0.2) is 22.9 Å². The molecule has 0 radical (unpaired) electrons. The van der Waals surface area contributed by atoms with Gasteiger partial charge in [-0.2, -0.15) is 0 Å². The normalized spacial score (nSPS) is 12.9. The fourth-order valence-electron chi connectivity index (χ4n) is 1.60. The second-order valence-corrected chi connectivity index (χ2v) is 4.87. The standard InChI is InChI=1S/C12H17BrF2N2O/c1-16-11(2-3-18-8-12(14)15)5-9-4-10(13)7-17-6-9/h4,6-7,11-12,16H,2-3,5,8H2,1H3. The number of pyridine rings is 1. The molecule has 0 spiro atoms. The molecule has 1 heterocycles. The average Bonchev–Trinajstić information content (AvgIpc) is 2.33. The molecule has 6 heteroatoms. The van der Waals surface area contributed by atoms with Gasteiger partial charge in [0.25, 0.3) is 6.43 Å². The molecule has 0 bridgehead atoms. The largest absolute Gasteiger partial charge is 0.375 e. The van der Waals surface area contributed by atoms with Crippen LogP contribution >= 0.6 is 15.9 Å². The van der Waals surface area contributed by atoms with E-state index in [9.17, 15) is 8.78 Å². The number of hydrogen-bond donors (Lipinski definition) is 1. The van der Waals surface area contributed by atoms with Crippen LogP contribution in [0.3, 0.4) is 0 Å². The number of ether oxygens (including phenoxy) is 1. The third-order valence-electron chi connectivity index (χ3n) is 2.51. The van der Waals surface area contributed by atoms with Crippen LogP contribution in [0.5, 0.6) is 0 Å². The summed E-state index contributed by atoms with van der Waals surface area (Å²) in [7, 11) is 1.85. The van der Waals surface area contributed by atoms with Crippen molar-refractivity contribution in [2.24, 2.45) is 0 Å². The predicted octanol–water partition coefficient (Wildman–Crippen LogP) is 2.65. The summed E-state index contributed by atoms with van der Waals surface area (Å²) in [5.74, 6) is 0. The minimum Gasteiger partial charge on any atom is -0.375 e. The van der Waals surface area contributed by atoms with Crippen molar-refractivity contribution < 1.29 is 13.5 Å². The van der Waals surface area contributed by atoms with E-state index in [0.29, 0.717) is 13.0 Å². The summed E-state index contributed by atoms with van der Waals surface area (Å²) in [5, 5.41) is 3.15. The average molecular weight is 323 g/mol. The second-order valence-electron chi connectivity index (χ2n) is 3.96. The minimum atomic E-state index is -2.40. The second kappa shape index (κ2) is 8.50. The number of halogens is 3. The van der Waals surface area contributed by atoms with Crippen molar-refractivity contribution in [3.8, 4) is 0 Å². The molecule has 3 nitrogen and oxygen atoms in total. The number of hydrogen-bond acceptors (Lipinski definition) is 3. The van der Waals surface area contributed by atoms with Gasteiger partial charge in [0.1, 0.15) is 6.61 Å². The first-order chi connectivity index (χ1) is 8.61. The van der Waals surface area contributed by atoms with Crippen LogP contribution in [-0.4, -0.2) is 37.7 Å². The maximum Gasteiger partial charge on any atom is 0.261 e. The van der Waals surface area contributed by atoms with Crippen molar-refractivity contribution in [1.29, 1.82) is 0 Å². The zero-order valence-electron chi connectivity index (χ0n) is 10.2. The molecule has 1 unspecified atom stereocenters. The molecule has 1 aromatic heterocycles. The summed E-state index contributed by atoms with van der Waals surface area (Å²) in [6.07, 6.45) is 2.61. The Labute approximate surface area is 114 Å². The van der Waals surface area contributed by atoms with Gasteiger partial charge in [0.15, 0.2) is 0 Å². The van der Waals surface area contributed by atoms with Gasteiger partial charge in [0.2, 0.25) is 0 Å². The van der Waals surface area contributed by atoms with E-state index in [0.717, 1.165) is 16.5 Å². The Morgan fingerprint density at radius 1 is 1.44 bits per heavy atom. The Bertz CT molecular complexity index is 353.